The first-order valence-electron chi connectivity index (χ1n) is 6.97. The maximum Gasteiger partial charge on any atom is 0.137 e. The molecule has 1 aliphatic rings. The Hall–Kier alpha value is -2.35. The van der Waals surface area contributed by atoms with Gasteiger partial charge in [0.1, 0.15) is 17.7 Å². The Morgan fingerprint density at radius 2 is 2.15 bits per heavy atom. The van der Waals surface area contributed by atoms with E-state index in [1.807, 2.05) is 12.1 Å². The van der Waals surface area contributed by atoms with Crippen molar-refractivity contribution >= 4 is 5.69 Å². The summed E-state index contributed by atoms with van der Waals surface area (Å²) < 4.78 is 2.23. The van der Waals surface area contributed by atoms with Crippen LogP contribution in [0.3, 0.4) is 0 Å². The Morgan fingerprint density at radius 3 is 3.00 bits per heavy atom. The van der Waals surface area contributed by atoms with Crippen molar-refractivity contribution in [3.8, 4) is 6.07 Å². The van der Waals surface area contributed by atoms with E-state index < -0.39 is 0 Å². The second-order valence-electron chi connectivity index (χ2n) is 5.20. The molecule has 1 aliphatic heterocycles. The highest BCUT2D eigenvalue weighted by Crippen LogP contribution is 2.19. The molecule has 2 aromatic rings. The standard InChI is InChI=1S/C15H17N5/c16-10-12-8-11(5-6-13(12)17)9-15-19-18-14-4-2-1-3-7-20(14)15/h5-6,8H,1-4,7,9,17H2. The molecular formula is C15H17N5. The molecule has 0 amide bonds. The van der Waals surface area contributed by atoms with Gasteiger partial charge in [-0.2, -0.15) is 5.26 Å². The Bertz CT molecular complexity index is 665. The molecule has 2 N–H and O–H groups in total. The SMILES string of the molecule is N#Cc1cc(Cc2nnc3n2CCCCC3)ccc1N. The molecule has 2 heterocycles. The van der Waals surface area contributed by atoms with Crippen molar-refractivity contribution in [1.82, 2.24) is 14.8 Å². The summed E-state index contributed by atoms with van der Waals surface area (Å²) in [6.45, 7) is 0.998. The van der Waals surface area contributed by atoms with Gasteiger partial charge in [0.2, 0.25) is 0 Å². The van der Waals surface area contributed by atoms with Crippen LogP contribution in [0.15, 0.2) is 18.2 Å². The molecule has 3 rings (SSSR count). The van der Waals surface area contributed by atoms with Gasteiger partial charge in [-0.05, 0) is 30.5 Å². The van der Waals surface area contributed by atoms with Crippen LogP contribution in [0.25, 0.3) is 0 Å². The first-order valence-corrected chi connectivity index (χ1v) is 6.97. The molecule has 0 fully saturated rings. The smallest absolute Gasteiger partial charge is 0.137 e. The molecule has 1 aromatic heterocycles. The predicted octanol–water partition coefficient (Wildman–Crippen LogP) is 2.05. The molecule has 0 bridgehead atoms. The number of nitrogen functional groups attached to an aromatic ring is 1. The van der Waals surface area contributed by atoms with E-state index in [2.05, 4.69) is 20.8 Å². The van der Waals surface area contributed by atoms with Gasteiger partial charge in [-0.25, -0.2) is 0 Å². The Morgan fingerprint density at radius 1 is 1.25 bits per heavy atom. The summed E-state index contributed by atoms with van der Waals surface area (Å²) in [5.74, 6) is 2.07. The number of aryl methyl sites for hydroxylation is 1. The molecule has 0 aliphatic carbocycles. The largest absolute Gasteiger partial charge is 0.398 e. The molecule has 0 atom stereocenters. The lowest BCUT2D eigenvalue weighted by Gasteiger charge is -2.07. The third-order valence-electron chi connectivity index (χ3n) is 3.79. The van der Waals surface area contributed by atoms with Crippen molar-refractivity contribution < 1.29 is 0 Å². The summed E-state index contributed by atoms with van der Waals surface area (Å²) in [5, 5.41) is 17.6. The number of aromatic nitrogens is 3. The molecule has 5 heteroatoms. The van der Waals surface area contributed by atoms with Gasteiger partial charge in [0.15, 0.2) is 0 Å². The Kier molecular flexibility index (Phi) is 3.38. The summed E-state index contributed by atoms with van der Waals surface area (Å²) >= 11 is 0. The predicted molar refractivity (Wildman–Crippen MR) is 76.0 cm³/mol. The molecule has 0 saturated carbocycles. The van der Waals surface area contributed by atoms with Crippen LogP contribution in [0.2, 0.25) is 0 Å². The van der Waals surface area contributed by atoms with Crippen LogP contribution in [0.5, 0.6) is 0 Å². The van der Waals surface area contributed by atoms with Gasteiger partial charge in [0.25, 0.3) is 0 Å². The summed E-state index contributed by atoms with van der Waals surface area (Å²) in [4.78, 5) is 0. The highest BCUT2D eigenvalue weighted by molar-refractivity contribution is 5.55. The summed E-state index contributed by atoms with van der Waals surface area (Å²) in [7, 11) is 0. The van der Waals surface area contributed by atoms with Gasteiger partial charge in [-0.15, -0.1) is 10.2 Å². The molecular weight excluding hydrogens is 250 g/mol. The lowest BCUT2D eigenvalue weighted by atomic mass is 10.1. The number of hydrogen-bond donors (Lipinski definition) is 1. The van der Waals surface area contributed by atoms with Crippen LogP contribution in [0.1, 0.15) is 42.0 Å². The van der Waals surface area contributed by atoms with E-state index in [9.17, 15) is 0 Å². The number of rotatable bonds is 2. The maximum absolute atomic E-state index is 9.04. The van der Waals surface area contributed by atoms with Gasteiger partial charge >= 0.3 is 0 Å². The van der Waals surface area contributed by atoms with Gasteiger partial charge < -0.3 is 10.3 Å². The van der Waals surface area contributed by atoms with E-state index in [1.54, 1.807) is 6.07 Å². The molecule has 0 spiro atoms. The van der Waals surface area contributed by atoms with Crippen molar-refractivity contribution in [2.75, 3.05) is 5.73 Å². The van der Waals surface area contributed by atoms with Crippen molar-refractivity contribution in [3.05, 3.63) is 41.0 Å². The normalized spacial score (nSPS) is 14.3. The van der Waals surface area contributed by atoms with E-state index in [1.165, 1.54) is 19.3 Å². The molecule has 0 radical (unpaired) electrons. The fraction of sp³-hybridized carbons (Fsp3) is 0.400. The van der Waals surface area contributed by atoms with Gasteiger partial charge in [0, 0.05) is 25.1 Å². The van der Waals surface area contributed by atoms with E-state index in [-0.39, 0.29) is 0 Å². The lowest BCUT2D eigenvalue weighted by molar-refractivity contribution is 0.611. The highest BCUT2D eigenvalue weighted by Gasteiger charge is 2.15. The topological polar surface area (TPSA) is 80.5 Å². The minimum Gasteiger partial charge on any atom is -0.398 e. The van der Waals surface area contributed by atoms with Crippen LogP contribution in [-0.2, 0) is 19.4 Å². The summed E-state index contributed by atoms with van der Waals surface area (Å²) in [6, 6.07) is 7.70. The minimum absolute atomic E-state index is 0.524. The summed E-state index contributed by atoms with van der Waals surface area (Å²) in [6.07, 6.45) is 5.34. The lowest BCUT2D eigenvalue weighted by Crippen LogP contribution is -2.06. The number of benzene rings is 1. The fourth-order valence-electron chi connectivity index (χ4n) is 2.67. The molecule has 5 nitrogen and oxygen atoms in total. The highest BCUT2D eigenvalue weighted by atomic mass is 15.3. The Labute approximate surface area is 118 Å². The molecule has 102 valence electrons. The Balaban J connectivity index is 1.88. The number of nitrogens with zero attached hydrogens (tertiary/aromatic N) is 4. The summed E-state index contributed by atoms with van der Waals surface area (Å²) in [5.41, 5.74) is 7.85. The van der Waals surface area contributed by atoms with Crippen molar-refractivity contribution in [2.24, 2.45) is 0 Å². The zero-order valence-electron chi connectivity index (χ0n) is 11.3. The van der Waals surface area contributed by atoms with E-state index in [4.69, 9.17) is 11.0 Å². The van der Waals surface area contributed by atoms with E-state index in [0.717, 1.165) is 30.2 Å². The second-order valence-corrected chi connectivity index (χ2v) is 5.20. The third kappa shape index (κ3) is 2.37. The zero-order chi connectivity index (χ0) is 13.9. The van der Waals surface area contributed by atoms with Gasteiger partial charge in [0.05, 0.1) is 5.56 Å². The van der Waals surface area contributed by atoms with Gasteiger partial charge in [-0.1, -0.05) is 12.5 Å². The first-order chi connectivity index (χ1) is 9.78. The number of nitriles is 1. The van der Waals surface area contributed by atoms with E-state index >= 15 is 0 Å². The van der Waals surface area contributed by atoms with Crippen molar-refractivity contribution in [2.45, 2.75) is 38.6 Å². The first kappa shape index (κ1) is 12.7. The molecule has 0 saturated heterocycles. The van der Waals surface area contributed by atoms with Crippen LogP contribution in [0.4, 0.5) is 5.69 Å². The van der Waals surface area contributed by atoms with Gasteiger partial charge in [-0.3, -0.25) is 0 Å². The average molecular weight is 267 g/mol. The monoisotopic (exact) mass is 267 g/mol. The average Bonchev–Trinajstić information content (AvgIpc) is 2.69. The molecule has 0 unspecified atom stereocenters. The zero-order valence-corrected chi connectivity index (χ0v) is 11.3. The second kappa shape index (κ2) is 5.33. The van der Waals surface area contributed by atoms with Crippen LogP contribution >= 0.6 is 0 Å². The number of fused-ring (bicyclic) bond motifs is 1. The van der Waals surface area contributed by atoms with Crippen molar-refractivity contribution in [1.29, 1.82) is 5.26 Å². The number of nitrogens with two attached hydrogens (primary N) is 1. The quantitative estimate of drug-likeness (QED) is 0.844. The maximum atomic E-state index is 9.04. The number of anilines is 1. The molecule has 1 aromatic carbocycles. The fourth-order valence-corrected chi connectivity index (χ4v) is 2.67. The van der Waals surface area contributed by atoms with Crippen molar-refractivity contribution in [3.63, 3.8) is 0 Å². The minimum atomic E-state index is 0.524. The van der Waals surface area contributed by atoms with Crippen LogP contribution in [-0.4, -0.2) is 14.8 Å². The van der Waals surface area contributed by atoms with E-state index in [0.29, 0.717) is 17.7 Å². The molecule has 20 heavy (non-hydrogen) atoms. The third-order valence-corrected chi connectivity index (χ3v) is 3.79. The van der Waals surface area contributed by atoms with Crippen LogP contribution < -0.4 is 5.73 Å². The number of hydrogen-bond acceptors (Lipinski definition) is 4. The van der Waals surface area contributed by atoms with Crippen LogP contribution in [0, 0.1) is 11.3 Å².